The Morgan fingerprint density at radius 3 is 2.72 bits per heavy atom. The first-order valence-corrected chi connectivity index (χ1v) is 6.08. The van der Waals surface area contributed by atoms with E-state index >= 15 is 0 Å². The van der Waals surface area contributed by atoms with Gasteiger partial charge in [-0.2, -0.15) is 0 Å². The Morgan fingerprint density at radius 1 is 1.33 bits per heavy atom. The molecule has 1 saturated carbocycles. The second-order valence-electron chi connectivity index (χ2n) is 4.60. The molecule has 1 fully saturated rings. The Morgan fingerprint density at radius 2 is 2.06 bits per heavy atom. The number of pyridine rings is 1. The van der Waals surface area contributed by atoms with E-state index in [1.807, 2.05) is 24.3 Å². The van der Waals surface area contributed by atoms with Gasteiger partial charge in [0.25, 0.3) is 11.5 Å². The summed E-state index contributed by atoms with van der Waals surface area (Å²) >= 11 is 0. The first kappa shape index (κ1) is 11.0. The Labute approximate surface area is 104 Å². The second kappa shape index (κ2) is 3.98. The third-order valence-electron chi connectivity index (χ3n) is 3.33. The zero-order valence-corrected chi connectivity index (χ0v) is 10.1. The molecule has 0 bridgehead atoms. The van der Waals surface area contributed by atoms with Crippen LogP contribution in [0.2, 0.25) is 0 Å². The molecule has 0 unspecified atom stereocenters. The molecule has 1 aliphatic rings. The van der Waals surface area contributed by atoms with Crippen molar-refractivity contribution in [1.29, 1.82) is 0 Å². The summed E-state index contributed by atoms with van der Waals surface area (Å²) in [5.41, 5.74) is 0.401. The Balaban J connectivity index is 2.36. The lowest BCUT2D eigenvalue weighted by Gasteiger charge is -2.12. The maximum absolute atomic E-state index is 12.4. The zero-order valence-electron chi connectivity index (χ0n) is 10.1. The van der Waals surface area contributed by atoms with Gasteiger partial charge >= 0.3 is 0 Å². The van der Waals surface area contributed by atoms with Crippen LogP contribution in [0.5, 0.6) is 0 Å². The van der Waals surface area contributed by atoms with E-state index in [9.17, 15) is 9.59 Å². The smallest absolute Gasteiger partial charge is 0.267 e. The summed E-state index contributed by atoms with van der Waals surface area (Å²) in [6.45, 7) is 0. The van der Waals surface area contributed by atoms with Crippen molar-refractivity contribution in [3.05, 3.63) is 46.4 Å². The molecule has 18 heavy (non-hydrogen) atoms. The lowest BCUT2D eigenvalue weighted by Crippen LogP contribution is -2.30. The number of nitrogens with zero attached hydrogens (tertiary/aromatic N) is 1. The largest absolute Gasteiger partial charge is 0.354 e. The molecular weight excluding hydrogens is 228 g/mol. The summed E-state index contributed by atoms with van der Waals surface area (Å²) in [4.78, 5) is 24.3. The molecule has 1 heterocycles. The second-order valence-corrected chi connectivity index (χ2v) is 4.60. The van der Waals surface area contributed by atoms with Crippen molar-refractivity contribution in [3.63, 3.8) is 0 Å². The van der Waals surface area contributed by atoms with Crippen LogP contribution in [0.1, 0.15) is 29.4 Å². The van der Waals surface area contributed by atoms with Crippen LogP contribution in [0, 0.1) is 0 Å². The van der Waals surface area contributed by atoms with Crippen LogP contribution in [0.25, 0.3) is 10.8 Å². The predicted octanol–water partition coefficient (Wildman–Crippen LogP) is 1.70. The van der Waals surface area contributed by atoms with Gasteiger partial charge in [-0.15, -0.1) is 0 Å². The van der Waals surface area contributed by atoms with Gasteiger partial charge in [0, 0.05) is 18.5 Å². The lowest BCUT2D eigenvalue weighted by molar-refractivity contribution is 0.0952. The molecule has 1 N–H and O–H groups in total. The van der Waals surface area contributed by atoms with E-state index in [4.69, 9.17) is 0 Å². The van der Waals surface area contributed by atoms with Gasteiger partial charge in [-0.3, -0.25) is 9.59 Å². The molecule has 0 spiro atoms. The van der Waals surface area contributed by atoms with E-state index in [0.717, 1.165) is 18.2 Å². The fourth-order valence-electron chi connectivity index (χ4n) is 2.27. The summed E-state index contributed by atoms with van der Waals surface area (Å²) in [6, 6.07) is 9.38. The molecule has 1 aliphatic carbocycles. The predicted molar refractivity (Wildman–Crippen MR) is 69.9 cm³/mol. The molecule has 4 heteroatoms. The number of carbonyl (C=O) groups excluding carboxylic acids is 1. The standard InChI is InChI=1S/C14H14N2O2/c1-15-13(17)12-8-9-4-2-3-5-11(9)14(18)16(12)10-6-7-10/h2-5,8,10H,6-7H2,1H3,(H,15,17). The van der Waals surface area contributed by atoms with E-state index < -0.39 is 0 Å². The van der Waals surface area contributed by atoms with E-state index in [1.165, 1.54) is 0 Å². The molecule has 2 aromatic rings. The van der Waals surface area contributed by atoms with Gasteiger partial charge < -0.3 is 9.88 Å². The number of hydrogen-bond acceptors (Lipinski definition) is 2. The fraction of sp³-hybridized carbons (Fsp3) is 0.286. The van der Waals surface area contributed by atoms with Crippen molar-refractivity contribution in [2.75, 3.05) is 7.05 Å². The first-order chi connectivity index (χ1) is 8.72. The summed E-state index contributed by atoms with van der Waals surface area (Å²) in [7, 11) is 1.58. The maximum atomic E-state index is 12.4. The molecule has 1 aromatic carbocycles. The number of hydrogen-bond donors (Lipinski definition) is 1. The van der Waals surface area contributed by atoms with Crippen LogP contribution in [0.3, 0.4) is 0 Å². The van der Waals surface area contributed by atoms with Gasteiger partial charge in [-0.1, -0.05) is 18.2 Å². The molecule has 92 valence electrons. The number of aromatic nitrogens is 1. The number of rotatable bonds is 2. The molecule has 4 nitrogen and oxygen atoms in total. The van der Waals surface area contributed by atoms with Crippen molar-refractivity contribution in [2.45, 2.75) is 18.9 Å². The molecule has 3 rings (SSSR count). The van der Waals surface area contributed by atoms with Gasteiger partial charge in [-0.05, 0) is 30.4 Å². The summed E-state index contributed by atoms with van der Waals surface area (Å²) in [6.07, 6.45) is 1.95. The highest BCUT2D eigenvalue weighted by Crippen LogP contribution is 2.35. The number of fused-ring (bicyclic) bond motifs is 1. The van der Waals surface area contributed by atoms with Crippen LogP contribution < -0.4 is 10.9 Å². The van der Waals surface area contributed by atoms with Crippen molar-refractivity contribution in [2.24, 2.45) is 0 Å². The van der Waals surface area contributed by atoms with Gasteiger partial charge in [-0.25, -0.2) is 0 Å². The Bertz CT molecular complexity index is 684. The Hall–Kier alpha value is -2.10. The molecule has 1 amide bonds. The fourth-order valence-corrected chi connectivity index (χ4v) is 2.27. The summed E-state index contributed by atoms with van der Waals surface area (Å²) in [5.74, 6) is -0.204. The van der Waals surface area contributed by atoms with E-state index in [1.54, 1.807) is 17.7 Å². The zero-order chi connectivity index (χ0) is 12.7. The van der Waals surface area contributed by atoms with Crippen molar-refractivity contribution < 1.29 is 4.79 Å². The van der Waals surface area contributed by atoms with Crippen LogP contribution in [0.4, 0.5) is 0 Å². The van der Waals surface area contributed by atoms with Gasteiger partial charge in [0.2, 0.25) is 0 Å². The minimum Gasteiger partial charge on any atom is -0.354 e. The topological polar surface area (TPSA) is 51.1 Å². The molecule has 1 aromatic heterocycles. The first-order valence-electron chi connectivity index (χ1n) is 6.08. The quantitative estimate of drug-likeness (QED) is 0.871. The Kier molecular flexibility index (Phi) is 2.44. The minimum absolute atomic E-state index is 0.0609. The third kappa shape index (κ3) is 1.61. The SMILES string of the molecule is CNC(=O)c1cc2ccccc2c(=O)n1C1CC1. The normalized spacial score (nSPS) is 14.7. The number of nitrogens with one attached hydrogen (secondary N) is 1. The van der Waals surface area contributed by atoms with E-state index in [0.29, 0.717) is 11.1 Å². The van der Waals surface area contributed by atoms with Gasteiger partial charge in [0.15, 0.2) is 0 Å². The molecule has 0 saturated heterocycles. The highest BCUT2D eigenvalue weighted by atomic mass is 16.2. The lowest BCUT2D eigenvalue weighted by atomic mass is 10.1. The van der Waals surface area contributed by atoms with Gasteiger partial charge in [0.1, 0.15) is 5.69 Å². The molecule has 0 radical (unpaired) electrons. The van der Waals surface area contributed by atoms with Crippen molar-refractivity contribution in [1.82, 2.24) is 9.88 Å². The third-order valence-corrected chi connectivity index (χ3v) is 3.33. The minimum atomic E-state index is -0.204. The van der Waals surface area contributed by atoms with E-state index in [2.05, 4.69) is 5.32 Å². The maximum Gasteiger partial charge on any atom is 0.267 e. The van der Waals surface area contributed by atoms with Crippen LogP contribution in [-0.4, -0.2) is 17.5 Å². The van der Waals surface area contributed by atoms with Crippen molar-refractivity contribution in [3.8, 4) is 0 Å². The average Bonchev–Trinajstić information content (AvgIpc) is 3.22. The van der Waals surface area contributed by atoms with Gasteiger partial charge in [0.05, 0.1) is 0 Å². The average molecular weight is 242 g/mol. The summed E-state index contributed by atoms with van der Waals surface area (Å²) in [5, 5.41) is 4.09. The van der Waals surface area contributed by atoms with Crippen LogP contribution >= 0.6 is 0 Å². The monoisotopic (exact) mass is 242 g/mol. The highest BCUT2D eigenvalue weighted by Gasteiger charge is 2.29. The van der Waals surface area contributed by atoms with Crippen LogP contribution in [0.15, 0.2) is 35.1 Å². The number of benzene rings is 1. The number of amides is 1. The van der Waals surface area contributed by atoms with Crippen molar-refractivity contribution >= 4 is 16.7 Å². The van der Waals surface area contributed by atoms with Crippen LogP contribution in [-0.2, 0) is 0 Å². The van der Waals surface area contributed by atoms with E-state index in [-0.39, 0.29) is 17.5 Å². The molecule has 0 aliphatic heterocycles. The molecular formula is C14H14N2O2. The number of carbonyl (C=O) groups is 1. The molecule has 0 atom stereocenters. The highest BCUT2D eigenvalue weighted by molar-refractivity contribution is 5.96. The summed E-state index contributed by atoms with van der Waals surface area (Å²) < 4.78 is 1.64.